The zero-order valence-electron chi connectivity index (χ0n) is 10.7. The number of aromatic nitrogens is 2. The van der Waals surface area contributed by atoms with Crippen molar-refractivity contribution in [3.63, 3.8) is 0 Å². The van der Waals surface area contributed by atoms with Crippen LogP contribution in [0, 0.1) is 0 Å². The summed E-state index contributed by atoms with van der Waals surface area (Å²) in [7, 11) is 0. The van der Waals surface area contributed by atoms with Gasteiger partial charge in [-0.2, -0.15) is 0 Å². The number of benzene rings is 1. The molecule has 4 nitrogen and oxygen atoms in total. The second kappa shape index (κ2) is 6.00. The minimum Gasteiger partial charge on any atom is -0.494 e. The highest BCUT2D eigenvalue weighted by Crippen LogP contribution is 2.26. The molecule has 1 heterocycles. The first-order valence-corrected chi connectivity index (χ1v) is 6.13. The Bertz CT molecular complexity index is 514. The monoisotopic (exact) mass is 243 g/mol. The molecule has 2 aromatic rings. The summed E-state index contributed by atoms with van der Waals surface area (Å²) in [5.74, 6) is 1.65. The zero-order valence-corrected chi connectivity index (χ0v) is 10.7. The lowest BCUT2D eigenvalue weighted by Crippen LogP contribution is -2.02. The van der Waals surface area contributed by atoms with Gasteiger partial charge in [0.25, 0.3) is 0 Å². The van der Waals surface area contributed by atoms with E-state index >= 15 is 0 Å². The van der Waals surface area contributed by atoms with E-state index in [9.17, 15) is 0 Å². The highest BCUT2D eigenvalue weighted by molar-refractivity contribution is 5.72. The number of rotatable bonds is 5. The summed E-state index contributed by atoms with van der Waals surface area (Å²) in [6.07, 6.45) is 3.39. The van der Waals surface area contributed by atoms with Crippen LogP contribution in [0.4, 0.5) is 5.82 Å². The number of hydrogen-bond donors (Lipinski definition) is 1. The van der Waals surface area contributed by atoms with Gasteiger partial charge in [0, 0.05) is 24.5 Å². The zero-order chi connectivity index (χ0) is 12.8. The summed E-state index contributed by atoms with van der Waals surface area (Å²) < 4.78 is 5.50. The smallest absolute Gasteiger partial charge is 0.152 e. The average molecular weight is 243 g/mol. The Morgan fingerprint density at radius 2 is 2.00 bits per heavy atom. The Balaban J connectivity index is 2.38. The molecule has 1 N–H and O–H groups in total. The maximum atomic E-state index is 5.50. The summed E-state index contributed by atoms with van der Waals surface area (Å²) in [4.78, 5) is 8.69. The van der Waals surface area contributed by atoms with Gasteiger partial charge in [-0.1, -0.05) is 12.1 Å². The Morgan fingerprint density at radius 3 is 2.78 bits per heavy atom. The molecule has 1 aromatic carbocycles. The number of ether oxygens (including phenoxy) is 1. The molecule has 0 aliphatic carbocycles. The van der Waals surface area contributed by atoms with Crippen molar-refractivity contribution in [2.24, 2.45) is 0 Å². The number of hydrogen-bond acceptors (Lipinski definition) is 4. The van der Waals surface area contributed by atoms with Gasteiger partial charge in [0.1, 0.15) is 11.4 Å². The summed E-state index contributed by atoms with van der Waals surface area (Å²) in [5.41, 5.74) is 1.85. The van der Waals surface area contributed by atoms with Gasteiger partial charge in [0.05, 0.1) is 6.61 Å². The Morgan fingerprint density at radius 1 is 1.17 bits per heavy atom. The van der Waals surface area contributed by atoms with E-state index < -0.39 is 0 Å². The van der Waals surface area contributed by atoms with Crippen LogP contribution in [0.2, 0.25) is 0 Å². The Kier molecular flexibility index (Phi) is 4.12. The standard InChI is InChI=1S/C14H17N3O/c1-3-15-14-13(16-8-9-17-14)11-6-5-7-12(10-11)18-4-2/h5-10H,3-4H2,1-2H3,(H,15,17). The number of nitrogens with one attached hydrogen (secondary N) is 1. The lowest BCUT2D eigenvalue weighted by Gasteiger charge is -2.09. The highest BCUT2D eigenvalue weighted by Gasteiger charge is 2.07. The van der Waals surface area contributed by atoms with Crippen LogP contribution in [0.15, 0.2) is 36.7 Å². The molecule has 0 fully saturated rings. The van der Waals surface area contributed by atoms with E-state index in [1.807, 2.05) is 38.1 Å². The summed E-state index contributed by atoms with van der Waals surface area (Å²) in [5, 5.41) is 3.21. The lowest BCUT2D eigenvalue weighted by molar-refractivity contribution is 0.340. The van der Waals surface area contributed by atoms with Gasteiger partial charge >= 0.3 is 0 Å². The van der Waals surface area contributed by atoms with Gasteiger partial charge in [-0.3, -0.25) is 4.98 Å². The summed E-state index contributed by atoms with van der Waals surface area (Å²) >= 11 is 0. The molecule has 0 aliphatic rings. The minimum absolute atomic E-state index is 0.657. The van der Waals surface area contributed by atoms with E-state index in [1.54, 1.807) is 12.4 Å². The molecule has 2 rings (SSSR count). The molecule has 94 valence electrons. The van der Waals surface area contributed by atoms with E-state index in [1.165, 1.54) is 0 Å². The topological polar surface area (TPSA) is 47.0 Å². The van der Waals surface area contributed by atoms with Crippen molar-refractivity contribution in [3.05, 3.63) is 36.7 Å². The fraction of sp³-hybridized carbons (Fsp3) is 0.286. The first-order chi connectivity index (χ1) is 8.85. The van der Waals surface area contributed by atoms with Crippen LogP contribution in [0.3, 0.4) is 0 Å². The van der Waals surface area contributed by atoms with E-state index in [2.05, 4.69) is 15.3 Å². The van der Waals surface area contributed by atoms with Gasteiger partial charge in [-0.15, -0.1) is 0 Å². The van der Waals surface area contributed by atoms with Crippen molar-refractivity contribution in [1.29, 1.82) is 0 Å². The third-order valence-corrected chi connectivity index (χ3v) is 2.46. The van der Waals surface area contributed by atoms with Crippen molar-refractivity contribution >= 4 is 5.82 Å². The van der Waals surface area contributed by atoms with Crippen molar-refractivity contribution in [2.75, 3.05) is 18.5 Å². The summed E-state index contributed by atoms with van der Waals surface area (Å²) in [6.45, 7) is 5.48. The third kappa shape index (κ3) is 2.77. The molecule has 0 radical (unpaired) electrons. The molecular weight excluding hydrogens is 226 g/mol. The molecule has 0 saturated heterocycles. The molecule has 0 atom stereocenters. The largest absolute Gasteiger partial charge is 0.494 e. The molecule has 0 saturated carbocycles. The fourth-order valence-electron chi connectivity index (χ4n) is 1.75. The van der Waals surface area contributed by atoms with E-state index in [0.29, 0.717) is 6.61 Å². The van der Waals surface area contributed by atoms with Crippen LogP contribution in [-0.2, 0) is 0 Å². The van der Waals surface area contributed by atoms with Gasteiger partial charge in [-0.05, 0) is 26.0 Å². The van der Waals surface area contributed by atoms with Gasteiger partial charge in [0.15, 0.2) is 5.82 Å². The maximum Gasteiger partial charge on any atom is 0.152 e. The van der Waals surface area contributed by atoms with Crippen molar-refractivity contribution in [1.82, 2.24) is 9.97 Å². The molecule has 0 bridgehead atoms. The second-order valence-electron chi connectivity index (χ2n) is 3.74. The van der Waals surface area contributed by atoms with E-state index in [4.69, 9.17) is 4.74 Å². The minimum atomic E-state index is 0.657. The molecule has 0 spiro atoms. The van der Waals surface area contributed by atoms with Crippen LogP contribution in [0.5, 0.6) is 5.75 Å². The lowest BCUT2D eigenvalue weighted by atomic mass is 10.1. The SMILES string of the molecule is CCNc1nccnc1-c1cccc(OCC)c1. The molecule has 0 amide bonds. The fourth-order valence-corrected chi connectivity index (χ4v) is 1.75. The Hall–Kier alpha value is -2.10. The normalized spacial score (nSPS) is 10.1. The maximum absolute atomic E-state index is 5.50. The molecule has 0 unspecified atom stereocenters. The molecular formula is C14H17N3O. The third-order valence-electron chi connectivity index (χ3n) is 2.46. The van der Waals surface area contributed by atoms with Crippen LogP contribution in [0.1, 0.15) is 13.8 Å². The number of anilines is 1. The van der Waals surface area contributed by atoms with E-state index in [-0.39, 0.29) is 0 Å². The first kappa shape index (κ1) is 12.4. The van der Waals surface area contributed by atoms with Crippen LogP contribution in [-0.4, -0.2) is 23.1 Å². The predicted molar refractivity (Wildman–Crippen MR) is 72.8 cm³/mol. The summed E-state index contributed by atoms with van der Waals surface area (Å²) in [6, 6.07) is 7.89. The van der Waals surface area contributed by atoms with E-state index in [0.717, 1.165) is 29.4 Å². The molecule has 0 aliphatic heterocycles. The molecule has 1 aromatic heterocycles. The molecule has 18 heavy (non-hydrogen) atoms. The van der Waals surface area contributed by atoms with Gasteiger partial charge in [0.2, 0.25) is 0 Å². The van der Waals surface area contributed by atoms with Crippen molar-refractivity contribution in [2.45, 2.75) is 13.8 Å². The number of nitrogens with zero attached hydrogens (tertiary/aromatic N) is 2. The first-order valence-electron chi connectivity index (χ1n) is 6.13. The van der Waals surface area contributed by atoms with Gasteiger partial charge < -0.3 is 10.1 Å². The second-order valence-corrected chi connectivity index (χ2v) is 3.74. The van der Waals surface area contributed by atoms with Crippen LogP contribution >= 0.6 is 0 Å². The highest BCUT2D eigenvalue weighted by atomic mass is 16.5. The van der Waals surface area contributed by atoms with Crippen molar-refractivity contribution in [3.8, 4) is 17.0 Å². The van der Waals surface area contributed by atoms with Crippen LogP contribution in [0.25, 0.3) is 11.3 Å². The Labute approximate surface area is 107 Å². The van der Waals surface area contributed by atoms with Crippen LogP contribution < -0.4 is 10.1 Å². The average Bonchev–Trinajstić information content (AvgIpc) is 2.40. The molecule has 4 heteroatoms. The quantitative estimate of drug-likeness (QED) is 0.877. The predicted octanol–water partition coefficient (Wildman–Crippen LogP) is 2.97. The van der Waals surface area contributed by atoms with Gasteiger partial charge in [-0.25, -0.2) is 4.98 Å². The van der Waals surface area contributed by atoms with Crippen molar-refractivity contribution < 1.29 is 4.74 Å².